The molecule has 4 rings (SSSR count). The quantitative estimate of drug-likeness (QED) is 0.736. The van der Waals surface area contributed by atoms with Gasteiger partial charge >= 0.3 is 0 Å². The van der Waals surface area contributed by atoms with Crippen LogP contribution in [0, 0.1) is 6.92 Å². The van der Waals surface area contributed by atoms with Gasteiger partial charge in [-0.05, 0) is 25.5 Å². The minimum atomic E-state index is 0.0565. The van der Waals surface area contributed by atoms with Crippen molar-refractivity contribution in [1.82, 2.24) is 29.4 Å². The first-order valence-corrected chi connectivity index (χ1v) is 8.30. The summed E-state index contributed by atoms with van der Waals surface area (Å²) in [5.41, 5.74) is 0.785. The second-order valence-electron chi connectivity index (χ2n) is 5.58. The van der Waals surface area contributed by atoms with Crippen molar-refractivity contribution in [3.8, 4) is 5.13 Å². The van der Waals surface area contributed by atoms with Gasteiger partial charge in [0.1, 0.15) is 4.88 Å². The van der Waals surface area contributed by atoms with E-state index in [0.717, 1.165) is 23.8 Å². The van der Waals surface area contributed by atoms with E-state index in [1.165, 1.54) is 11.3 Å². The second kappa shape index (κ2) is 5.62. The van der Waals surface area contributed by atoms with Gasteiger partial charge in [-0.3, -0.25) is 4.79 Å². The maximum Gasteiger partial charge on any atom is 0.265 e. The van der Waals surface area contributed by atoms with Crippen LogP contribution in [-0.4, -0.2) is 48.4 Å². The van der Waals surface area contributed by atoms with Gasteiger partial charge in [-0.15, -0.1) is 5.10 Å². The number of amides is 1. The molecular weight excluding hydrogens is 312 g/mol. The van der Waals surface area contributed by atoms with E-state index in [4.69, 9.17) is 0 Å². The fraction of sp³-hybridized carbons (Fsp3) is 0.333. The Kier molecular flexibility index (Phi) is 3.45. The van der Waals surface area contributed by atoms with Gasteiger partial charge in [0.15, 0.2) is 5.13 Å². The summed E-state index contributed by atoms with van der Waals surface area (Å²) < 4.78 is 3.76. The van der Waals surface area contributed by atoms with Gasteiger partial charge in [0.25, 0.3) is 5.91 Å². The van der Waals surface area contributed by atoms with E-state index < -0.39 is 0 Å². The Morgan fingerprint density at radius 3 is 2.87 bits per heavy atom. The fourth-order valence-corrected chi connectivity index (χ4v) is 3.85. The predicted octanol–water partition coefficient (Wildman–Crippen LogP) is 1.92. The van der Waals surface area contributed by atoms with Gasteiger partial charge in [-0.1, -0.05) is 16.6 Å². The van der Waals surface area contributed by atoms with Gasteiger partial charge in [-0.2, -0.15) is 0 Å². The zero-order valence-electron chi connectivity index (χ0n) is 12.7. The molecular formula is C15H16N6OS. The molecule has 0 aliphatic carbocycles. The molecule has 23 heavy (non-hydrogen) atoms. The molecule has 0 radical (unpaired) electrons. The Balaban J connectivity index is 1.54. The topological polar surface area (TPSA) is 68.8 Å². The van der Waals surface area contributed by atoms with Gasteiger partial charge in [0.05, 0.1) is 17.9 Å². The average molecular weight is 328 g/mol. The van der Waals surface area contributed by atoms with Crippen molar-refractivity contribution in [2.75, 3.05) is 13.1 Å². The van der Waals surface area contributed by atoms with Gasteiger partial charge in [0.2, 0.25) is 0 Å². The number of hydrogen-bond acceptors (Lipinski definition) is 5. The first-order valence-electron chi connectivity index (χ1n) is 7.48. The molecule has 0 bridgehead atoms. The number of likely N-dealkylation sites (tertiary alicyclic amines) is 1. The van der Waals surface area contributed by atoms with Crippen LogP contribution in [0.4, 0.5) is 0 Å². The zero-order chi connectivity index (χ0) is 15.8. The Bertz CT molecular complexity index is 807. The molecule has 4 heterocycles. The van der Waals surface area contributed by atoms with E-state index in [1.807, 2.05) is 51.8 Å². The number of carbonyl (C=O) groups excluding carboxylic acids is 1. The molecule has 1 atom stereocenters. The molecule has 1 aliphatic heterocycles. The number of aryl methyl sites for hydroxylation is 1. The van der Waals surface area contributed by atoms with E-state index in [-0.39, 0.29) is 11.9 Å². The lowest BCUT2D eigenvalue weighted by molar-refractivity contribution is 0.0791. The molecule has 3 aromatic rings. The van der Waals surface area contributed by atoms with Crippen molar-refractivity contribution >= 4 is 17.2 Å². The molecule has 1 saturated heterocycles. The highest BCUT2D eigenvalue weighted by atomic mass is 32.1. The van der Waals surface area contributed by atoms with E-state index in [2.05, 4.69) is 15.3 Å². The highest BCUT2D eigenvalue weighted by molar-refractivity contribution is 7.16. The van der Waals surface area contributed by atoms with Crippen LogP contribution in [0.2, 0.25) is 0 Å². The van der Waals surface area contributed by atoms with Crippen LogP contribution >= 0.6 is 11.3 Å². The Hall–Kier alpha value is -2.48. The van der Waals surface area contributed by atoms with Crippen molar-refractivity contribution in [2.45, 2.75) is 19.4 Å². The zero-order valence-corrected chi connectivity index (χ0v) is 13.5. The summed E-state index contributed by atoms with van der Waals surface area (Å²) in [6.45, 7) is 3.29. The standard InChI is InChI=1S/C15H16N6OS/c1-11-13(23-15(17-11)19-6-2-3-7-19)14(22)20-8-4-12(10-20)21-9-5-16-18-21/h2-3,5-7,9,12H,4,8,10H2,1H3. The third kappa shape index (κ3) is 2.55. The normalized spacial score (nSPS) is 17.8. The van der Waals surface area contributed by atoms with Gasteiger partial charge in [-0.25, -0.2) is 9.67 Å². The number of carbonyl (C=O) groups is 1. The van der Waals surface area contributed by atoms with Crippen LogP contribution in [-0.2, 0) is 0 Å². The third-order valence-corrected chi connectivity index (χ3v) is 5.23. The van der Waals surface area contributed by atoms with Crippen molar-refractivity contribution in [3.05, 3.63) is 47.5 Å². The number of nitrogens with zero attached hydrogens (tertiary/aromatic N) is 6. The van der Waals surface area contributed by atoms with Crippen LogP contribution in [0.1, 0.15) is 27.8 Å². The smallest absolute Gasteiger partial charge is 0.265 e. The van der Waals surface area contributed by atoms with E-state index in [1.54, 1.807) is 6.20 Å². The third-order valence-electron chi connectivity index (χ3n) is 4.07. The molecule has 0 saturated carbocycles. The molecule has 1 fully saturated rings. The van der Waals surface area contributed by atoms with E-state index in [0.29, 0.717) is 11.4 Å². The highest BCUT2D eigenvalue weighted by Gasteiger charge is 2.30. The lowest BCUT2D eigenvalue weighted by Gasteiger charge is -2.15. The van der Waals surface area contributed by atoms with Crippen LogP contribution in [0.25, 0.3) is 5.13 Å². The summed E-state index contributed by atoms with van der Waals surface area (Å²) in [5, 5.41) is 8.70. The van der Waals surface area contributed by atoms with Crippen LogP contribution in [0.15, 0.2) is 36.9 Å². The van der Waals surface area contributed by atoms with Crippen molar-refractivity contribution in [2.24, 2.45) is 0 Å². The van der Waals surface area contributed by atoms with Crippen LogP contribution in [0.5, 0.6) is 0 Å². The molecule has 0 N–H and O–H groups in total. The molecule has 0 aromatic carbocycles. The summed E-state index contributed by atoms with van der Waals surface area (Å²) in [6.07, 6.45) is 8.28. The summed E-state index contributed by atoms with van der Waals surface area (Å²) in [7, 11) is 0. The maximum absolute atomic E-state index is 12.8. The molecule has 1 aliphatic rings. The fourth-order valence-electron chi connectivity index (χ4n) is 2.85. The summed E-state index contributed by atoms with van der Waals surface area (Å²) >= 11 is 1.44. The van der Waals surface area contributed by atoms with Gasteiger partial charge in [0, 0.05) is 31.7 Å². The monoisotopic (exact) mass is 328 g/mol. The molecule has 0 spiro atoms. The number of rotatable bonds is 3. The SMILES string of the molecule is Cc1nc(-n2cccc2)sc1C(=O)N1CCC(n2ccnn2)C1. The number of hydrogen-bond donors (Lipinski definition) is 0. The Labute approximate surface area is 137 Å². The summed E-state index contributed by atoms with van der Waals surface area (Å²) in [6, 6.07) is 4.10. The van der Waals surface area contributed by atoms with Crippen LogP contribution < -0.4 is 0 Å². The Morgan fingerprint density at radius 1 is 1.30 bits per heavy atom. The predicted molar refractivity (Wildman–Crippen MR) is 85.8 cm³/mol. The van der Waals surface area contributed by atoms with Crippen molar-refractivity contribution in [3.63, 3.8) is 0 Å². The lowest BCUT2D eigenvalue weighted by atomic mass is 10.3. The molecule has 7 nitrogen and oxygen atoms in total. The van der Waals surface area contributed by atoms with Gasteiger partial charge < -0.3 is 9.47 Å². The lowest BCUT2D eigenvalue weighted by Crippen LogP contribution is -2.29. The molecule has 118 valence electrons. The molecule has 1 amide bonds. The maximum atomic E-state index is 12.8. The number of thiazole rings is 1. The first kappa shape index (κ1) is 14.1. The average Bonchev–Trinajstić information content (AvgIpc) is 3.31. The summed E-state index contributed by atoms with van der Waals surface area (Å²) in [4.78, 5) is 19.9. The summed E-state index contributed by atoms with van der Waals surface area (Å²) in [5.74, 6) is 0.0565. The second-order valence-corrected chi connectivity index (χ2v) is 6.56. The van der Waals surface area contributed by atoms with E-state index >= 15 is 0 Å². The minimum Gasteiger partial charge on any atom is -0.336 e. The van der Waals surface area contributed by atoms with Crippen molar-refractivity contribution in [1.29, 1.82) is 0 Å². The Morgan fingerprint density at radius 2 is 2.13 bits per heavy atom. The molecule has 1 unspecified atom stereocenters. The largest absolute Gasteiger partial charge is 0.336 e. The van der Waals surface area contributed by atoms with E-state index in [9.17, 15) is 4.79 Å². The number of aromatic nitrogens is 5. The highest BCUT2D eigenvalue weighted by Crippen LogP contribution is 2.27. The molecule has 8 heteroatoms. The molecule has 3 aromatic heterocycles. The minimum absolute atomic E-state index is 0.0565. The van der Waals surface area contributed by atoms with Crippen molar-refractivity contribution < 1.29 is 4.79 Å². The first-order chi connectivity index (χ1) is 11.2. The van der Waals surface area contributed by atoms with Crippen LogP contribution in [0.3, 0.4) is 0 Å².